The summed E-state index contributed by atoms with van der Waals surface area (Å²) in [5.41, 5.74) is 3.29. The standard InChI is InChI=1S/C16H16N2O3/c1-2-20-13-5-3-4-11(8-13)10-17-12-6-7-15-14(9-12)18-16(19)21-15/h3-9,17H,2,10H2,1H3,(H,18,19). The number of anilines is 1. The van der Waals surface area contributed by atoms with E-state index in [2.05, 4.69) is 10.3 Å². The number of hydrogen-bond donors (Lipinski definition) is 2. The second kappa shape index (κ2) is 5.75. The highest BCUT2D eigenvalue weighted by molar-refractivity contribution is 5.76. The molecule has 0 aliphatic carbocycles. The summed E-state index contributed by atoms with van der Waals surface area (Å²) in [6.07, 6.45) is 0. The molecule has 0 bridgehead atoms. The van der Waals surface area contributed by atoms with E-state index in [1.807, 2.05) is 43.3 Å². The van der Waals surface area contributed by atoms with Gasteiger partial charge in [-0.3, -0.25) is 4.98 Å². The highest BCUT2D eigenvalue weighted by Crippen LogP contribution is 2.18. The molecule has 0 aliphatic heterocycles. The minimum absolute atomic E-state index is 0.438. The van der Waals surface area contributed by atoms with E-state index in [1.54, 1.807) is 6.07 Å². The number of rotatable bonds is 5. The number of aromatic nitrogens is 1. The lowest BCUT2D eigenvalue weighted by Crippen LogP contribution is -2.00. The first-order chi connectivity index (χ1) is 10.2. The van der Waals surface area contributed by atoms with Crippen LogP contribution in [0.5, 0.6) is 5.75 Å². The lowest BCUT2D eigenvalue weighted by atomic mass is 10.2. The monoisotopic (exact) mass is 284 g/mol. The molecule has 5 heteroatoms. The van der Waals surface area contributed by atoms with Gasteiger partial charge in [0.25, 0.3) is 0 Å². The Morgan fingerprint density at radius 3 is 3.00 bits per heavy atom. The first-order valence-electron chi connectivity index (χ1n) is 6.83. The number of oxazole rings is 1. The summed E-state index contributed by atoms with van der Waals surface area (Å²) in [7, 11) is 0. The maximum absolute atomic E-state index is 11.1. The average molecular weight is 284 g/mol. The van der Waals surface area contributed by atoms with E-state index < -0.39 is 5.76 Å². The van der Waals surface area contributed by atoms with Crippen LogP contribution in [0.4, 0.5) is 5.69 Å². The molecule has 0 saturated heterocycles. The Morgan fingerprint density at radius 1 is 1.24 bits per heavy atom. The number of H-pyrrole nitrogens is 1. The third-order valence-electron chi connectivity index (χ3n) is 3.13. The summed E-state index contributed by atoms with van der Waals surface area (Å²) < 4.78 is 10.5. The van der Waals surface area contributed by atoms with Crippen molar-refractivity contribution < 1.29 is 9.15 Å². The summed E-state index contributed by atoms with van der Waals surface area (Å²) in [5, 5.41) is 3.31. The molecule has 5 nitrogen and oxygen atoms in total. The molecule has 1 aromatic heterocycles. The molecular formula is C16H16N2O3. The summed E-state index contributed by atoms with van der Waals surface area (Å²) in [5.74, 6) is 0.429. The smallest absolute Gasteiger partial charge is 0.417 e. The van der Waals surface area contributed by atoms with Gasteiger partial charge in [-0.2, -0.15) is 0 Å². The molecule has 3 rings (SSSR count). The molecule has 2 aromatic carbocycles. The van der Waals surface area contributed by atoms with Gasteiger partial charge in [-0.05, 0) is 42.8 Å². The Bertz CT molecular complexity index is 804. The average Bonchev–Trinajstić information content (AvgIpc) is 2.85. The van der Waals surface area contributed by atoms with Crippen LogP contribution in [0.2, 0.25) is 0 Å². The largest absolute Gasteiger partial charge is 0.494 e. The van der Waals surface area contributed by atoms with Gasteiger partial charge in [0, 0.05) is 12.2 Å². The summed E-state index contributed by atoms with van der Waals surface area (Å²) >= 11 is 0. The van der Waals surface area contributed by atoms with E-state index in [9.17, 15) is 4.79 Å². The molecular weight excluding hydrogens is 268 g/mol. The number of hydrogen-bond acceptors (Lipinski definition) is 4. The SMILES string of the molecule is CCOc1cccc(CNc2ccc3oc(=O)[nH]c3c2)c1. The fraction of sp³-hybridized carbons (Fsp3) is 0.188. The normalized spacial score (nSPS) is 10.7. The van der Waals surface area contributed by atoms with E-state index >= 15 is 0 Å². The van der Waals surface area contributed by atoms with Crippen LogP contribution in [-0.2, 0) is 6.54 Å². The predicted molar refractivity (Wildman–Crippen MR) is 81.8 cm³/mol. The minimum atomic E-state index is -0.438. The van der Waals surface area contributed by atoms with Crippen LogP contribution in [0.3, 0.4) is 0 Å². The summed E-state index contributed by atoms with van der Waals surface area (Å²) in [6, 6.07) is 13.5. The van der Waals surface area contributed by atoms with Crippen molar-refractivity contribution in [2.75, 3.05) is 11.9 Å². The van der Waals surface area contributed by atoms with E-state index in [0.717, 1.165) is 17.0 Å². The zero-order valence-electron chi connectivity index (χ0n) is 11.7. The topological polar surface area (TPSA) is 67.3 Å². The molecule has 0 amide bonds. The fourth-order valence-corrected chi connectivity index (χ4v) is 2.18. The third-order valence-corrected chi connectivity index (χ3v) is 3.13. The number of ether oxygens (including phenoxy) is 1. The van der Waals surface area contributed by atoms with Gasteiger partial charge in [-0.1, -0.05) is 12.1 Å². The maximum Gasteiger partial charge on any atom is 0.417 e. The molecule has 0 spiro atoms. The van der Waals surface area contributed by atoms with Crippen molar-refractivity contribution in [3.8, 4) is 5.75 Å². The van der Waals surface area contributed by atoms with Crippen molar-refractivity contribution in [2.24, 2.45) is 0 Å². The molecule has 0 radical (unpaired) electrons. The molecule has 21 heavy (non-hydrogen) atoms. The van der Waals surface area contributed by atoms with E-state index in [1.165, 1.54) is 0 Å². The number of fused-ring (bicyclic) bond motifs is 1. The van der Waals surface area contributed by atoms with Crippen molar-refractivity contribution in [1.29, 1.82) is 0 Å². The van der Waals surface area contributed by atoms with Crippen molar-refractivity contribution in [3.63, 3.8) is 0 Å². The van der Waals surface area contributed by atoms with Gasteiger partial charge in [0.1, 0.15) is 5.75 Å². The third kappa shape index (κ3) is 3.08. The highest BCUT2D eigenvalue weighted by atomic mass is 16.5. The van der Waals surface area contributed by atoms with Crippen LogP contribution >= 0.6 is 0 Å². The lowest BCUT2D eigenvalue weighted by Gasteiger charge is -2.08. The molecule has 0 atom stereocenters. The van der Waals surface area contributed by atoms with Gasteiger partial charge >= 0.3 is 5.76 Å². The van der Waals surface area contributed by atoms with Crippen molar-refractivity contribution in [2.45, 2.75) is 13.5 Å². The Kier molecular flexibility index (Phi) is 3.64. The van der Waals surface area contributed by atoms with E-state index in [0.29, 0.717) is 24.3 Å². The quantitative estimate of drug-likeness (QED) is 0.755. The zero-order chi connectivity index (χ0) is 14.7. The van der Waals surface area contributed by atoms with Crippen molar-refractivity contribution in [3.05, 3.63) is 58.6 Å². The van der Waals surface area contributed by atoms with Gasteiger partial charge in [0.15, 0.2) is 5.58 Å². The van der Waals surface area contributed by atoms with Crippen LogP contribution in [0, 0.1) is 0 Å². The van der Waals surface area contributed by atoms with Crippen LogP contribution in [-0.4, -0.2) is 11.6 Å². The molecule has 108 valence electrons. The Hall–Kier alpha value is -2.69. The van der Waals surface area contributed by atoms with Crippen LogP contribution in [0.25, 0.3) is 11.1 Å². The van der Waals surface area contributed by atoms with E-state index in [4.69, 9.17) is 9.15 Å². The molecule has 0 unspecified atom stereocenters. The Morgan fingerprint density at radius 2 is 2.14 bits per heavy atom. The van der Waals surface area contributed by atoms with Gasteiger partial charge in [0.05, 0.1) is 12.1 Å². The highest BCUT2D eigenvalue weighted by Gasteiger charge is 2.02. The van der Waals surface area contributed by atoms with Gasteiger partial charge < -0.3 is 14.5 Å². The summed E-state index contributed by atoms with van der Waals surface area (Å²) in [6.45, 7) is 3.29. The van der Waals surface area contributed by atoms with E-state index in [-0.39, 0.29) is 0 Å². The number of aromatic amines is 1. The lowest BCUT2D eigenvalue weighted by molar-refractivity contribution is 0.340. The summed E-state index contributed by atoms with van der Waals surface area (Å²) in [4.78, 5) is 13.8. The minimum Gasteiger partial charge on any atom is -0.494 e. The molecule has 1 heterocycles. The first kappa shape index (κ1) is 13.3. The van der Waals surface area contributed by atoms with Gasteiger partial charge in [0.2, 0.25) is 0 Å². The van der Waals surface area contributed by atoms with Crippen molar-refractivity contribution in [1.82, 2.24) is 4.98 Å². The molecule has 2 N–H and O–H groups in total. The fourth-order valence-electron chi connectivity index (χ4n) is 2.18. The molecule has 0 aliphatic rings. The first-order valence-corrected chi connectivity index (χ1v) is 6.83. The second-order valence-corrected chi connectivity index (χ2v) is 4.66. The molecule has 0 saturated carbocycles. The van der Waals surface area contributed by atoms with Crippen LogP contribution < -0.4 is 15.8 Å². The number of benzene rings is 2. The van der Waals surface area contributed by atoms with Gasteiger partial charge in [-0.25, -0.2) is 4.79 Å². The molecule has 3 aromatic rings. The second-order valence-electron chi connectivity index (χ2n) is 4.66. The Labute approximate surface area is 121 Å². The van der Waals surface area contributed by atoms with Gasteiger partial charge in [-0.15, -0.1) is 0 Å². The van der Waals surface area contributed by atoms with Crippen LogP contribution in [0.1, 0.15) is 12.5 Å². The molecule has 0 fully saturated rings. The maximum atomic E-state index is 11.1. The predicted octanol–water partition coefficient (Wildman–Crippen LogP) is 3.13. The zero-order valence-corrected chi connectivity index (χ0v) is 11.7. The van der Waals surface area contributed by atoms with Crippen LogP contribution in [0.15, 0.2) is 51.7 Å². The van der Waals surface area contributed by atoms with Crippen molar-refractivity contribution >= 4 is 16.8 Å². The number of nitrogens with one attached hydrogen (secondary N) is 2. The Balaban J connectivity index is 1.73.